The van der Waals surface area contributed by atoms with Gasteiger partial charge in [-0.2, -0.15) is 0 Å². The van der Waals surface area contributed by atoms with Crippen LogP contribution in [0.25, 0.3) is 0 Å². The maximum absolute atomic E-state index is 13.7. The number of carbonyl (C=O) groups is 3. The number of para-hydroxylation sites is 1. The van der Waals surface area contributed by atoms with Gasteiger partial charge in [-0.3, -0.25) is 9.59 Å². The van der Waals surface area contributed by atoms with Gasteiger partial charge in [0.05, 0.1) is 27.9 Å². The first kappa shape index (κ1) is 25.9. The van der Waals surface area contributed by atoms with Gasteiger partial charge in [0, 0.05) is 18.0 Å². The molecule has 1 amide bonds. The SMILES string of the molecule is CCOC(=O)c1ccc(Oc2c(Br)cccc2C=O)cc1N(C(=O)[C@H]1CC[C@H](C)CC1)C(C)C. The van der Waals surface area contributed by atoms with E-state index in [0.29, 0.717) is 38.7 Å². The fourth-order valence-corrected chi connectivity index (χ4v) is 4.82. The summed E-state index contributed by atoms with van der Waals surface area (Å²) in [4.78, 5) is 39.7. The molecule has 2 aromatic carbocycles. The number of carbonyl (C=O) groups excluding carboxylic acids is 3. The molecule has 2 aromatic rings. The van der Waals surface area contributed by atoms with Gasteiger partial charge < -0.3 is 14.4 Å². The van der Waals surface area contributed by atoms with Crippen LogP contribution in [0.15, 0.2) is 40.9 Å². The number of ether oxygens (including phenoxy) is 2. The Morgan fingerprint density at radius 1 is 1.15 bits per heavy atom. The summed E-state index contributed by atoms with van der Waals surface area (Å²) in [5.41, 5.74) is 1.15. The molecule has 1 saturated carbocycles. The number of rotatable bonds is 8. The van der Waals surface area contributed by atoms with Crippen LogP contribution in [0.4, 0.5) is 5.69 Å². The lowest BCUT2D eigenvalue weighted by Crippen LogP contribution is -2.43. The Balaban J connectivity index is 2.05. The van der Waals surface area contributed by atoms with Crippen LogP contribution < -0.4 is 9.64 Å². The molecular formula is C27H32BrNO5. The summed E-state index contributed by atoms with van der Waals surface area (Å²) in [6.45, 7) is 8.06. The standard InChI is InChI=1S/C27H32BrNO5/c1-5-33-27(32)22-14-13-21(34-25-20(16-30)7-6-8-23(25)28)15-24(22)29(17(2)3)26(31)19-11-9-18(4)10-12-19/h6-8,13-19H,5,9-12H2,1-4H3/t18-,19-. The Kier molecular flexibility index (Phi) is 8.89. The Morgan fingerprint density at radius 2 is 1.85 bits per heavy atom. The number of nitrogens with zero attached hydrogens (tertiary/aromatic N) is 1. The van der Waals surface area contributed by atoms with Gasteiger partial charge in [-0.15, -0.1) is 0 Å². The molecule has 7 heteroatoms. The number of benzene rings is 2. The molecule has 0 heterocycles. The van der Waals surface area contributed by atoms with Gasteiger partial charge in [-0.25, -0.2) is 4.79 Å². The zero-order valence-electron chi connectivity index (χ0n) is 20.2. The lowest BCUT2D eigenvalue weighted by Gasteiger charge is -2.34. The van der Waals surface area contributed by atoms with Gasteiger partial charge in [0.2, 0.25) is 5.91 Å². The van der Waals surface area contributed by atoms with E-state index >= 15 is 0 Å². The van der Waals surface area contributed by atoms with E-state index in [-0.39, 0.29) is 24.5 Å². The first-order chi connectivity index (χ1) is 16.3. The van der Waals surface area contributed by atoms with Gasteiger partial charge in [0.25, 0.3) is 0 Å². The number of aldehydes is 1. The van der Waals surface area contributed by atoms with Crippen LogP contribution in [0.5, 0.6) is 11.5 Å². The molecule has 6 nitrogen and oxygen atoms in total. The molecule has 0 unspecified atom stereocenters. The molecule has 0 spiro atoms. The van der Waals surface area contributed by atoms with E-state index in [0.717, 1.165) is 32.0 Å². The maximum atomic E-state index is 13.7. The highest BCUT2D eigenvalue weighted by Gasteiger charge is 2.32. The third-order valence-electron chi connectivity index (χ3n) is 6.19. The van der Waals surface area contributed by atoms with Crippen LogP contribution in [0, 0.1) is 11.8 Å². The molecule has 0 bridgehead atoms. The fraction of sp³-hybridized carbons (Fsp3) is 0.444. The number of hydrogen-bond donors (Lipinski definition) is 0. The molecule has 0 aliphatic heterocycles. The highest BCUT2D eigenvalue weighted by Crippen LogP contribution is 2.37. The zero-order chi connectivity index (χ0) is 24.8. The maximum Gasteiger partial charge on any atom is 0.340 e. The first-order valence-corrected chi connectivity index (χ1v) is 12.6. The van der Waals surface area contributed by atoms with Crippen molar-refractivity contribution in [1.82, 2.24) is 0 Å². The Bertz CT molecular complexity index is 1040. The Hall–Kier alpha value is -2.67. The van der Waals surface area contributed by atoms with E-state index in [1.807, 2.05) is 13.8 Å². The monoisotopic (exact) mass is 529 g/mol. The summed E-state index contributed by atoms with van der Waals surface area (Å²) in [6.07, 6.45) is 4.45. The van der Waals surface area contributed by atoms with Crippen LogP contribution in [0.1, 0.15) is 74.1 Å². The third kappa shape index (κ3) is 5.87. The van der Waals surface area contributed by atoms with Crippen LogP contribution in [0.2, 0.25) is 0 Å². The van der Waals surface area contributed by atoms with E-state index in [4.69, 9.17) is 9.47 Å². The summed E-state index contributed by atoms with van der Waals surface area (Å²) in [5.74, 6) is 0.848. The smallest absolute Gasteiger partial charge is 0.340 e. The predicted octanol–water partition coefficient (Wildman–Crippen LogP) is 6.80. The number of hydrogen-bond acceptors (Lipinski definition) is 5. The van der Waals surface area contributed by atoms with E-state index in [1.165, 1.54) is 0 Å². The lowest BCUT2D eigenvalue weighted by molar-refractivity contribution is -0.123. The van der Waals surface area contributed by atoms with Crippen molar-refractivity contribution in [3.63, 3.8) is 0 Å². The lowest BCUT2D eigenvalue weighted by atomic mass is 9.82. The topological polar surface area (TPSA) is 72.9 Å². The zero-order valence-corrected chi connectivity index (χ0v) is 21.8. The van der Waals surface area contributed by atoms with Crippen molar-refractivity contribution in [2.24, 2.45) is 11.8 Å². The van der Waals surface area contributed by atoms with E-state index < -0.39 is 5.97 Å². The van der Waals surface area contributed by atoms with E-state index in [9.17, 15) is 14.4 Å². The van der Waals surface area contributed by atoms with Crippen molar-refractivity contribution in [1.29, 1.82) is 0 Å². The number of halogens is 1. The predicted molar refractivity (Wildman–Crippen MR) is 136 cm³/mol. The molecule has 3 rings (SSSR count). The second-order valence-electron chi connectivity index (χ2n) is 9.04. The summed E-state index contributed by atoms with van der Waals surface area (Å²) >= 11 is 3.43. The molecular weight excluding hydrogens is 498 g/mol. The first-order valence-electron chi connectivity index (χ1n) is 11.8. The van der Waals surface area contributed by atoms with Gasteiger partial charge in [0.15, 0.2) is 12.0 Å². The average Bonchev–Trinajstić information content (AvgIpc) is 2.81. The van der Waals surface area contributed by atoms with Crippen molar-refractivity contribution in [2.45, 2.75) is 59.4 Å². The summed E-state index contributed by atoms with van der Waals surface area (Å²) in [5, 5.41) is 0. The largest absolute Gasteiger partial charge is 0.462 e. The van der Waals surface area contributed by atoms with Crippen LogP contribution in [-0.2, 0) is 9.53 Å². The van der Waals surface area contributed by atoms with Crippen molar-refractivity contribution in [3.8, 4) is 11.5 Å². The molecule has 1 fully saturated rings. The molecule has 1 aliphatic rings. The highest BCUT2D eigenvalue weighted by molar-refractivity contribution is 9.10. The number of anilines is 1. The molecule has 0 aromatic heterocycles. The summed E-state index contributed by atoms with van der Waals surface area (Å²) < 4.78 is 12.0. The normalized spacial score (nSPS) is 17.8. The molecule has 34 heavy (non-hydrogen) atoms. The van der Waals surface area contributed by atoms with Crippen molar-refractivity contribution >= 4 is 39.8 Å². The second kappa shape index (κ2) is 11.6. The molecule has 0 radical (unpaired) electrons. The Labute approximate surface area is 209 Å². The van der Waals surface area contributed by atoms with Crippen molar-refractivity contribution in [2.75, 3.05) is 11.5 Å². The summed E-state index contributed by atoms with van der Waals surface area (Å²) in [7, 11) is 0. The van der Waals surface area contributed by atoms with E-state index in [1.54, 1.807) is 48.2 Å². The molecule has 0 saturated heterocycles. The Morgan fingerprint density at radius 3 is 2.47 bits per heavy atom. The number of amides is 1. The minimum absolute atomic E-state index is 0.0130. The van der Waals surface area contributed by atoms with Gasteiger partial charge in [-0.05, 0) is 92.6 Å². The van der Waals surface area contributed by atoms with Crippen molar-refractivity contribution < 1.29 is 23.9 Å². The minimum atomic E-state index is -0.491. The van der Waals surface area contributed by atoms with E-state index in [2.05, 4.69) is 22.9 Å². The second-order valence-corrected chi connectivity index (χ2v) is 9.89. The number of esters is 1. The van der Waals surface area contributed by atoms with Gasteiger partial charge in [-0.1, -0.05) is 13.0 Å². The van der Waals surface area contributed by atoms with Crippen LogP contribution in [-0.4, -0.2) is 30.8 Å². The summed E-state index contributed by atoms with van der Waals surface area (Å²) in [6, 6.07) is 9.97. The fourth-order valence-electron chi connectivity index (χ4n) is 4.35. The van der Waals surface area contributed by atoms with Gasteiger partial charge >= 0.3 is 5.97 Å². The third-order valence-corrected chi connectivity index (χ3v) is 6.81. The average molecular weight is 530 g/mol. The van der Waals surface area contributed by atoms with Gasteiger partial charge in [0.1, 0.15) is 5.75 Å². The quantitative estimate of drug-likeness (QED) is 0.277. The van der Waals surface area contributed by atoms with Crippen LogP contribution in [0.3, 0.4) is 0 Å². The minimum Gasteiger partial charge on any atom is -0.462 e. The highest BCUT2D eigenvalue weighted by atomic mass is 79.9. The van der Waals surface area contributed by atoms with Crippen molar-refractivity contribution in [3.05, 3.63) is 52.0 Å². The molecule has 182 valence electrons. The molecule has 1 aliphatic carbocycles. The molecule has 0 atom stereocenters. The molecule has 0 N–H and O–H groups in total. The van der Waals surface area contributed by atoms with Crippen LogP contribution >= 0.6 is 15.9 Å².